The molecule has 2 heterocycles. The maximum Gasteiger partial charge on any atom is 0.169 e. The Morgan fingerprint density at radius 3 is 0.764 bits per heavy atom. The Morgan fingerprint density at radius 2 is 0.509 bits per heavy atom. The number of hydrogen-bond donors (Lipinski definition) is 0. The largest absolute Gasteiger partial charge is 0.205 e. The van der Waals surface area contributed by atoms with Crippen molar-refractivity contribution in [1.82, 2.24) is 0 Å². The highest BCUT2D eigenvalue weighted by molar-refractivity contribution is 7.99. The van der Waals surface area contributed by atoms with Crippen LogP contribution in [0.25, 0.3) is 0 Å². The zero-order valence-corrected chi connectivity index (χ0v) is 38.5. The lowest BCUT2D eigenvalue weighted by Crippen LogP contribution is -2.32. The summed E-state index contributed by atoms with van der Waals surface area (Å²) in [6.45, 7) is 6.96. The van der Waals surface area contributed by atoms with E-state index in [4.69, 9.17) is 0 Å². The summed E-state index contributed by atoms with van der Waals surface area (Å²) in [5.74, 6) is 2.52. The number of hydrogen-bond acceptors (Lipinski definition) is 2. The Morgan fingerprint density at radius 1 is 0.291 bits per heavy atom. The minimum atomic E-state index is 1.17. The molecule has 2 nitrogen and oxygen atoms in total. The van der Waals surface area contributed by atoms with Crippen LogP contribution in [-0.2, 0) is 13.1 Å². The Bertz CT molecular complexity index is 956. The van der Waals surface area contributed by atoms with E-state index in [1.807, 2.05) is 23.5 Å². The summed E-state index contributed by atoms with van der Waals surface area (Å²) in [4.78, 5) is 2.88. The van der Waals surface area contributed by atoms with E-state index >= 15 is 0 Å². The minimum Gasteiger partial charge on any atom is -0.205 e. The molecule has 0 atom stereocenters. The Kier molecular flexibility index (Phi) is 36.3. The first-order chi connectivity index (χ1) is 27.3. The molecule has 0 bridgehead atoms. The Labute approximate surface area is 353 Å². The summed E-state index contributed by atoms with van der Waals surface area (Å²) in [6.07, 6.45) is 58.9. The number of aryl methyl sites for hydroxylation is 2. The zero-order chi connectivity index (χ0) is 39.0. The summed E-state index contributed by atoms with van der Waals surface area (Å²) in [5, 5.41) is 0. The third kappa shape index (κ3) is 32.6. The van der Waals surface area contributed by atoms with Gasteiger partial charge in [0.2, 0.25) is 0 Å². The second-order valence-electron chi connectivity index (χ2n) is 16.9. The van der Waals surface area contributed by atoms with Crippen LogP contribution in [0.4, 0.5) is 0 Å². The Hall–Kier alpha value is -1.00. The molecule has 0 aliphatic heterocycles. The Balaban J connectivity index is 1.30. The first kappa shape index (κ1) is 50.1. The molecule has 0 fully saturated rings. The molecule has 2 rings (SSSR count). The van der Waals surface area contributed by atoms with Gasteiger partial charge in [-0.25, -0.2) is 9.13 Å². The average molecular weight is 797 g/mol. The molecule has 2 aromatic rings. The number of rotatable bonds is 42. The average Bonchev–Trinajstić information content (AvgIpc) is 3.21. The molecule has 0 saturated carbocycles. The van der Waals surface area contributed by atoms with E-state index in [1.54, 1.807) is 0 Å². The van der Waals surface area contributed by atoms with Crippen molar-refractivity contribution in [3.8, 4) is 0 Å². The van der Waals surface area contributed by atoms with Gasteiger partial charge >= 0.3 is 0 Å². The van der Waals surface area contributed by atoms with E-state index in [0.29, 0.717) is 0 Å². The number of nitrogens with zero attached hydrogens (tertiary/aromatic N) is 2. The predicted octanol–water partition coefficient (Wildman–Crippen LogP) is 16.8. The maximum absolute atomic E-state index is 2.39. The van der Waals surface area contributed by atoms with Gasteiger partial charge < -0.3 is 0 Å². The van der Waals surface area contributed by atoms with E-state index in [-0.39, 0.29) is 0 Å². The molecule has 316 valence electrons. The zero-order valence-electron chi connectivity index (χ0n) is 36.9. The smallest absolute Gasteiger partial charge is 0.169 e. The molecule has 0 saturated heterocycles. The number of pyridine rings is 2. The first-order valence-electron chi connectivity index (χ1n) is 24.6. The van der Waals surface area contributed by atoms with Crippen molar-refractivity contribution < 1.29 is 9.13 Å². The van der Waals surface area contributed by atoms with Crippen LogP contribution in [0.3, 0.4) is 0 Å². The minimum absolute atomic E-state index is 1.17. The van der Waals surface area contributed by atoms with E-state index < -0.39 is 0 Å². The molecule has 0 aromatic carbocycles. The van der Waals surface area contributed by atoms with Crippen LogP contribution in [0, 0.1) is 0 Å². The highest BCUT2D eigenvalue weighted by Crippen LogP contribution is 2.21. The van der Waals surface area contributed by atoms with E-state index in [2.05, 4.69) is 72.0 Å². The quantitative estimate of drug-likeness (QED) is 0.0375. The van der Waals surface area contributed by atoms with Crippen molar-refractivity contribution in [3.63, 3.8) is 0 Å². The summed E-state index contributed by atoms with van der Waals surface area (Å²) < 4.78 is 4.78. The molecular weight excluding hydrogens is 705 g/mol. The summed E-state index contributed by atoms with van der Waals surface area (Å²) in [6, 6.07) is 9.34. The molecule has 0 N–H and O–H groups in total. The summed E-state index contributed by atoms with van der Waals surface area (Å²) >= 11 is 4.09. The monoisotopic (exact) mass is 797 g/mol. The lowest BCUT2D eigenvalue weighted by Gasteiger charge is -2.04. The molecule has 0 aliphatic carbocycles. The predicted molar refractivity (Wildman–Crippen MR) is 248 cm³/mol. The second-order valence-corrected chi connectivity index (χ2v) is 19.2. The molecule has 0 radical (unpaired) electrons. The van der Waals surface area contributed by atoms with Crippen molar-refractivity contribution in [2.75, 3.05) is 11.5 Å². The van der Waals surface area contributed by atoms with Crippen LogP contribution in [0.15, 0.2) is 58.8 Å². The molecule has 2 aromatic heterocycles. The van der Waals surface area contributed by atoms with Crippen LogP contribution in [0.2, 0.25) is 0 Å². The van der Waals surface area contributed by atoms with Crippen LogP contribution >= 0.6 is 23.5 Å². The molecule has 0 aliphatic rings. The maximum atomic E-state index is 2.39. The highest BCUT2D eigenvalue weighted by atomic mass is 32.2. The number of thioether (sulfide) groups is 2. The third-order valence-electron chi connectivity index (χ3n) is 11.6. The van der Waals surface area contributed by atoms with Crippen LogP contribution in [0.1, 0.15) is 239 Å². The lowest BCUT2D eigenvalue weighted by atomic mass is 10.0. The molecule has 0 unspecified atom stereocenters. The van der Waals surface area contributed by atoms with Gasteiger partial charge in [0.1, 0.15) is 13.1 Å². The molecule has 0 spiro atoms. The molecule has 4 heteroatoms. The van der Waals surface area contributed by atoms with Gasteiger partial charge in [-0.15, -0.1) is 23.5 Å². The fourth-order valence-electron chi connectivity index (χ4n) is 7.82. The van der Waals surface area contributed by atoms with E-state index in [1.165, 1.54) is 259 Å². The van der Waals surface area contributed by atoms with Gasteiger partial charge in [0, 0.05) is 46.9 Å². The lowest BCUT2D eigenvalue weighted by molar-refractivity contribution is -0.697. The van der Waals surface area contributed by atoms with Crippen LogP contribution in [-0.4, -0.2) is 11.5 Å². The van der Waals surface area contributed by atoms with Crippen LogP contribution < -0.4 is 9.13 Å². The van der Waals surface area contributed by atoms with Gasteiger partial charge in [-0.2, -0.15) is 0 Å². The highest BCUT2D eigenvalue weighted by Gasteiger charge is 2.04. The number of unbranched alkanes of at least 4 members (excludes halogenated alkanes) is 32. The van der Waals surface area contributed by atoms with Crippen molar-refractivity contribution >= 4 is 23.5 Å². The summed E-state index contributed by atoms with van der Waals surface area (Å²) in [7, 11) is 0. The van der Waals surface area contributed by atoms with E-state index in [9.17, 15) is 0 Å². The standard InChI is InChI=1S/C51H92N2S2/c1-3-5-7-9-11-13-15-17-19-21-23-26-30-34-42-52-44-38-50(39-45-52)54-48-36-32-28-25-29-33-37-49-55-51-40-46-53(47-41-51)43-35-31-27-24-22-20-18-16-14-12-10-8-6-4-2/h38-41,44-47H,3-37,42-43,48-49H2,1-2H3/q+2. The van der Waals surface area contributed by atoms with Crippen molar-refractivity contribution in [2.24, 2.45) is 0 Å². The van der Waals surface area contributed by atoms with Gasteiger partial charge in [0.05, 0.1) is 0 Å². The van der Waals surface area contributed by atoms with Crippen LogP contribution in [0.5, 0.6) is 0 Å². The van der Waals surface area contributed by atoms with Gasteiger partial charge in [0.15, 0.2) is 24.8 Å². The second kappa shape index (κ2) is 39.8. The topological polar surface area (TPSA) is 7.76 Å². The normalized spacial score (nSPS) is 11.5. The van der Waals surface area contributed by atoms with Gasteiger partial charge in [-0.05, 0) is 37.2 Å². The molecular formula is C51H92N2S2+2. The summed E-state index contributed by atoms with van der Waals surface area (Å²) in [5.41, 5.74) is 0. The van der Waals surface area contributed by atoms with Gasteiger partial charge in [-0.1, -0.05) is 200 Å². The SMILES string of the molecule is CCCCCCCCCCCCCCCC[n+]1ccc(SCCCCCCCCCSc2cc[n+](CCCCCCCCCCCCCCCC)cc2)cc1. The van der Waals surface area contributed by atoms with Crippen molar-refractivity contribution in [2.45, 2.75) is 261 Å². The van der Waals surface area contributed by atoms with Gasteiger partial charge in [-0.3, -0.25) is 0 Å². The fourth-order valence-corrected chi connectivity index (χ4v) is 9.62. The van der Waals surface area contributed by atoms with Gasteiger partial charge in [0.25, 0.3) is 0 Å². The first-order valence-corrected chi connectivity index (χ1v) is 26.5. The third-order valence-corrected chi connectivity index (χ3v) is 13.8. The van der Waals surface area contributed by atoms with Crippen molar-refractivity contribution in [1.29, 1.82) is 0 Å². The van der Waals surface area contributed by atoms with Crippen molar-refractivity contribution in [3.05, 3.63) is 49.1 Å². The number of aromatic nitrogens is 2. The molecule has 0 amide bonds. The molecule has 55 heavy (non-hydrogen) atoms. The fraction of sp³-hybridized carbons (Fsp3) is 0.804. The van der Waals surface area contributed by atoms with E-state index in [0.717, 1.165) is 0 Å².